The maximum atomic E-state index is 13.7. The van der Waals surface area contributed by atoms with E-state index in [1.165, 1.54) is 17.1 Å². The molecule has 6 nitrogen and oxygen atoms in total. The lowest BCUT2D eigenvalue weighted by atomic mass is 10.2. The van der Waals surface area contributed by atoms with E-state index in [1.807, 2.05) is 0 Å². The number of halogens is 2. The third kappa shape index (κ3) is 2.18. The van der Waals surface area contributed by atoms with Crippen LogP contribution in [0.3, 0.4) is 0 Å². The maximum absolute atomic E-state index is 13.7. The molecule has 20 heavy (non-hydrogen) atoms. The van der Waals surface area contributed by atoms with E-state index in [4.69, 9.17) is 5.73 Å². The van der Waals surface area contributed by atoms with Crippen LogP contribution < -0.4 is 5.73 Å². The Balaban J connectivity index is 2.17. The molecular formula is C12H8F2N6. The van der Waals surface area contributed by atoms with Gasteiger partial charge < -0.3 is 5.73 Å². The zero-order valence-electron chi connectivity index (χ0n) is 10.0. The highest BCUT2D eigenvalue weighted by atomic mass is 19.1. The highest BCUT2D eigenvalue weighted by molar-refractivity contribution is 5.57. The third-order valence-corrected chi connectivity index (χ3v) is 2.55. The molecule has 2 heterocycles. The summed E-state index contributed by atoms with van der Waals surface area (Å²) in [4.78, 5) is 15.7. The zero-order chi connectivity index (χ0) is 14.1. The number of rotatable bonds is 2. The first-order valence-electron chi connectivity index (χ1n) is 5.59. The van der Waals surface area contributed by atoms with Gasteiger partial charge in [-0.05, 0) is 18.2 Å². The zero-order valence-corrected chi connectivity index (χ0v) is 10.0. The quantitative estimate of drug-likeness (QED) is 0.767. The summed E-state index contributed by atoms with van der Waals surface area (Å²) in [6, 6.07) is 3.02. The van der Waals surface area contributed by atoms with Gasteiger partial charge in [0.05, 0.1) is 5.56 Å². The Bertz CT molecular complexity index is 757. The van der Waals surface area contributed by atoms with Crippen molar-refractivity contribution >= 4 is 5.95 Å². The molecule has 0 fully saturated rings. The first-order chi connectivity index (χ1) is 9.63. The van der Waals surface area contributed by atoms with Crippen molar-refractivity contribution in [3.05, 3.63) is 48.6 Å². The van der Waals surface area contributed by atoms with Crippen molar-refractivity contribution in [3.8, 4) is 17.3 Å². The van der Waals surface area contributed by atoms with Crippen molar-refractivity contribution in [2.24, 2.45) is 0 Å². The van der Waals surface area contributed by atoms with E-state index >= 15 is 0 Å². The Labute approximate surface area is 112 Å². The maximum Gasteiger partial charge on any atom is 0.240 e. The summed E-state index contributed by atoms with van der Waals surface area (Å²) >= 11 is 0. The molecule has 0 aliphatic heterocycles. The van der Waals surface area contributed by atoms with Crippen molar-refractivity contribution in [3.63, 3.8) is 0 Å². The standard InChI is InChI=1S/C12H8F2N6/c13-7-1-2-9(14)8(5-7)10-17-11(15)19-12(18-10)20-4-3-16-6-20/h1-6H,(H2,15,17,18,19). The van der Waals surface area contributed by atoms with Crippen LogP contribution in [0.15, 0.2) is 36.9 Å². The molecule has 0 amide bonds. The van der Waals surface area contributed by atoms with E-state index < -0.39 is 11.6 Å². The Hall–Kier alpha value is -2.90. The van der Waals surface area contributed by atoms with Gasteiger partial charge in [0.1, 0.15) is 18.0 Å². The second-order valence-corrected chi connectivity index (χ2v) is 3.91. The molecule has 2 N–H and O–H groups in total. The van der Waals surface area contributed by atoms with Crippen LogP contribution in [0.4, 0.5) is 14.7 Å². The summed E-state index contributed by atoms with van der Waals surface area (Å²) in [6.45, 7) is 0. The van der Waals surface area contributed by atoms with Crippen LogP contribution in [0.5, 0.6) is 0 Å². The summed E-state index contributed by atoms with van der Waals surface area (Å²) in [7, 11) is 0. The Morgan fingerprint density at radius 2 is 1.95 bits per heavy atom. The summed E-state index contributed by atoms with van der Waals surface area (Å²) in [5, 5.41) is 0. The van der Waals surface area contributed by atoms with Gasteiger partial charge in [0.25, 0.3) is 0 Å². The number of imidazole rings is 1. The van der Waals surface area contributed by atoms with E-state index in [0.717, 1.165) is 18.2 Å². The molecule has 0 atom stereocenters. The monoisotopic (exact) mass is 274 g/mol. The molecule has 0 unspecified atom stereocenters. The predicted molar refractivity (Wildman–Crippen MR) is 66.7 cm³/mol. The largest absolute Gasteiger partial charge is 0.368 e. The third-order valence-electron chi connectivity index (χ3n) is 2.55. The highest BCUT2D eigenvalue weighted by Gasteiger charge is 2.13. The fraction of sp³-hybridized carbons (Fsp3) is 0. The molecule has 1 aromatic carbocycles. The number of nitrogens with zero attached hydrogens (tertiary/aromatic N) is 5. The molecule has 0 radical (unpaired) electrons. The lowest BCUT2D eigenvalue weighted by Gasteiger charge is -2.06. The SMILES string of the molecule is Nc1nc(-c2cc(F)ccc2F)nc(-n2ccnc2)n1. The molecule has 8 heteroatoms. The number of aromatic nitrogens is 5. The Morgan fingerprint density at radius 1 is 1.10 bits per heavy atom. The van der Waals surface area contributed by atoms with Crippen LogP contribution in [0, 0.1) is 11.6 Å². The van der Waals surface area contributed by atoms with Crippen molar-refractivity contribution in [2.75, 3.05) is 5.73 Å². The van der Waals surface area contributed by atoms with Gasteiger partial charge in [-0.3, -0.25) is 4.57 Å². The average Bonchev–Trinajstić information content (AvgIpc) is 2.95. The topological polar surface area (TPSA) is 82.5 Å². The van der Waals surface area contributed by atoms with E-state index in [2.05, 4.69) is 19.9 Å². The normalized spacial score (nSPS) is 10.7. The molecule has 0 aliphatic carbocycles. The highest BCUT2D eigenvalue weighted by Crippen LogP contribution is 2.21. The number of hydrogen-bond acceptors (Lipinski definition) is 5. The Morgan fingerprint density at radius 3 is 2.70 bits per heavy atom. The molecule has 100 valence electrons. The lowest BCUT2D eigenvalue weighted by molar-refractivity contribution is 0.602. The van der Waals surface area contributed by atoms with Crippen molar-refractivity contribution < 1.29 is 8.78 Å². The molecule has 0 aliphatic rings. The second kappa shape index (κ2) is 4.65. The van der Waals surface area contributed by atoms with E-state index in [9.17, 15) is 8.78 Å². The number of anilines is 1. The number of hydrogen-bond donors (Lipinski definition) is 1. The minimum absolute atomic E-state index is 0.0433. The van der Waals surface area contributed by atoms with Gasteiger partial charge in [-0.25, -0.2) is 13.8 Å². The summed E-state index contributed by atoms with van der Waals surface area (Å²) in [5.74, 6) is -1.20. The van der Waals surface area contributed by atoms with Gasteiger partial charge in [0.15, 0.2) is 5.82 Å². The molecule has 0 saturated carbocycles. The number of nitrogens with two attached hydrogens (primary N) is 1. The molecule has 0 saturated heterocycles. The van der Waals surface area contributed by atoms with E-state index in [-0.39, 0.29) is 23.3 Å². The van der Waals surface area contributed by atoms with Crippen LogP contribution in [0.2, 0.25) is 0 Å². The van der Waals surface area contributed by atoms with Gasteiger partial charge in [-0.1, -0.05) is 0 Å². The van der Waals surface area contributed by atoms with E-state index in [1.54, 1.807) is 6.20 Å². The first kappa shape index (κ1) is 12.2. The minimum atomic E-state index is -0.645. The second-order valence-electron chi connectivity index (χ2n) is 3.91. The van der Waals surface area contributed by atoms with Gasteiger partial charge in [0, 0.05) is 12.4 Å². The van der Waals surface area contributed by atoms with Gasteiger partial charge >= 0.3 is 0 Å². The van der Waals surface area contributed by atoms with Crippen molar-refractivity contribution in [2.45, 2.75) is 0 Å². The molecular weight excluding hydrogens is 266 g/mol. The van der Waals surface area contributed by atoms with Crippen LogP contribution in [0.1, 0.15) is 0 Å². The summed E-state index contributed by atoms with van der Waals surface area (Å²) in [5.41, 5.74) is 5.50. The number of benzene rings is 1. The smallest absolute Gasteiger partial charge is 0.240 e. The molecule has 0 spiro atoms. The molecule has 0 bridgehead atoms. The fourth-order valence-electron chi connectivity index (χ4n) is 1.66. The predicted octanol–water partition coefficient (Wildman–Crippen LogP) is 1.58. The lowest BCUT2D eigenvalue weighted by Crippen LogP contribution is -2.07. The van der Waals surface area contributed by atoms with Gasteiger partial charge in [0.2, 0.25) is 11.9 Å². The summed E-state index contributed by atoms with van der Waals surface area (Å²) in [6.07, 6.45) is 4.59. The first-order valence-corrected chi connectivity index (χ1v) is 5.59. The average molecular weight is 274 g/mol. The van der Waals surface area contributed by atoms with Crippen molar-refractivity contribution in [1.82, 2.24) is 24.5 Å². The van der Waals surface area contributed by atoms with Gasteiger partial charge in [-0.15, -0.1) is 0 Å². The van der Waals surface area contributed by atoms with Crippen LogP contribution in [-0.4, -0.2) is 24.5 Å². The van der Waals surface area contributed by atoms with Crippen molar-refractivity contribution in [1.29, 1.82) is 0 Å². The summed E-state index contributed by atoms with van der Waals surface area (Å²) < 4.78 is 28.4. The van der Waals surface area contributed by atoms with Crippen LogP contribution >= 0.6 is 0 Å². The fourth-order valence-corrected chi connectivity index (χ4v) is 1.66. The molecule has 3 aromatic rings. The van der Waals surface area contributed by atoms with E-state index in [0.29, 0.717) is 0 Å². The van der Waals surface area contributed by atoms with Crippen LogP contribution in [-0.2, 0) is 0 Å². The Kier molecular flexibility index (Phi) is 2.82. The van der Waals surface area contributed by atoms with Crippen LogP contribution in [0.25, 0.3) is 17.3 Å². The van der Waals surface area contributed by atoms with Gasteiger partial charge in [-0.2, -0.15) is 15.0 Å². The molecule has 2 aromatic heterocycles. The molecule has 3 rings (SSSR count). The minimum Gasteiger partial charge on any atom is -0.368 e. The number of nitrogen functional groups attached to an aromatic ring is 1.